The number of ether oxygens (including phenoxy) is 1. The first kappa shape index (κ1) is 16.7. The van der Waals surface area contributed by atoms with E-state index >= 15 is 0 Å². The van der Waals surface area contributed by atoms with Crippen molar-refractivity contribution in [2.75, 3.05) is 11.9 Å². The first-order valence-corrected chi connectivity index (χ1v) is 6.86. The van der Waals surface area contributed by atoms with Crippen LogP contribution in [0.5, 0.6) is 5.75 Å². The van der Waals surface area contributed by atoms with Crippen LogP contribution in [0.15, 0.2) is 41.3 Å². The molecule has 0 saturated carbocycles. The predicted molar refractivity (Wildman–Crippen MR) is 82.3 cm³/mol. The number of alkyl halides is 2. The second-order valence-electron chi connectivity index (χ2n) is 5.00. The van der Waals surface area contributed by atoms with Crippen molar-refractivity contribution in [1.82, 2.24) is 4.57 Å². The van der Waals surface area contributed by atoms with Gasteiger partial charge in [0.15, 0.2) is 0 Å². The molecule has 0 aliphatic heterocycles. The second kappa shape index (κ2) is 7.04. The summed E-state index contributed by atoms with van der Waals surface area (Å²) >= 11 is 0. The topological polar surface area (TPSA) is 60.3 Å². The molecule has 23 heavy (non-hydrogen) atoms. The molecule has 0 spiro atoms. The average Bonchev–Trinajstić information content (AvgIpc) is 2.50. The smallest absolute Gasteiger partial charge is 0.272 e. The van der Waals surface area contributed by atoms with Crippen molar-refractivity contribution in [1.29, 1.82) is 0 Å². The standard InChI is InChI=1S/C16H16F2N2O3/c1-10-3-5-12(7-13(10)23-9-14(17)18)19-16(22)11-4-6-15(21)20(2)8-11/h3-8,14H,9H2,1-2H3,(H,19,22). The number of carbonyl (C=O) groups is 1. The minimum atomic E-state index is -2.57. The summed E-state index contributed by atoms with van der Waals surface area (Å²) in [6.07, 6.45) is -1.15. The fourth-order valence-corrected chi connectivity index (χ4v) is 1.92. The minimum Gasteiger partial charge on any atom is -0.487 e. The zero-order chi connectivity index (χ0) is 17.0. The van der Waals surface area contributed by atoms with Crippen LogP contribution in [0.2, 0.25) is 0 Å². The molecule has 7 heteroatoms. The normalized spacial score (nSPS) is 10.7. The molecule has 2 aromatic rings. The number of anilines is 1. The third-order valence-electron chi connectivity index (χ3n) is 3.16. The van der Waals surface area contributed by atoms with Crippen molar-refractivity contribution in [2.24, 2.45) is 7.05 Å². The zero-order valence-corrected chi connectivity index (χ0v) is 12.7. The molecule has 1 N–H and O–H groups in total. The summed E-state index contributed by atoms with van der Waals surface area (Å²) in [7, 11) is 1.54. The number of halogens is 2. The summed E-state index contributed by atoms with van der Waals surface area (Å²) < 4.78 is 30.8. The molecule has 0 radical (unpaired) electrons. The molecule has 0 atom stereocenters. The predicted octanol–water partition coefficient (Wildman–Crippen LogP) is 2.59. The summed E-state index contributed by atoms with van der Waals surface area (Å²) in [5.74, 6) is -0.132. The Hall–Kier alpha value is -2.70. The third-order valence-corrected chi connectivity index (χ3v) is 3.16. The van der Waals surface area contributed by atoms with Gasteiger partial charge in [0.05, 0.1) is 5.56 Å². The first-order valence-electron chi connectivity index (χ1n) is 6.86. The largest absolute Gasteiger partial charge is 0.487 e. The van der Waals surface area contributed by atoms with E-state index in [0.29, 0.717) is 16.8 Å². The van der Waals surface area contributed by atoms with Gasteiger partial charge in [-0.1, -0.05) is 6.07 Å². The lowest BCUT2D eigenvalue weighted by Gasteiger charge is -2.12. The molecule has 1 aromatic heterocycles. The maximum absolute atomic E-state index is 12.2. The van der Waals surface area contributed by atoms with Gasteiger partial charge in [-0.25, -0.2) is 8.78 Å². The van der Waals surface area contributed by atoms with Crippen LogP contribution in [0.25, 0.3) is 0 Å². The molecular formula is C16H16F2N2O3. The molecule has 0 aliphatic rings. The number of hydrogen-bond acceptors (Lipinski definition) is 3. The van der Waals surface area contributed by atoms with Crippen LogP contribution in [-0.2, 0) is 7.05 Å². The number of rotatable bonds is 5. The van der Waals surface area contributed by atoms with Crippen LogP contribution in [0, 0.1) is 6.92 Å². The Bertz CT molecular complexity index is 772. The van der Waals surface area contributed by atoms with Gasteiger partial charge in [0.1, 0.15) is 12.4 Å². The number of amides is 1. The summed E-state index contributed by atoms with van der Waals surface area (Å²) in [4.78, 5) is 23.5. The second-order valence-corrected chi connectivity index (χ2v) is 5.00. The van der Waals surface area contributed by atoms with Gasteiger partial charge in [-0.2, -0.15) is 0 Å². The molecule has 0 fully saturated rings. The Morgan fingerprint density at radius 2 is 2.04 bits per heavy atom. The lowest BCUT2D eigenvalue weighted by Crippen LogP contribution is -2.19. The van der Waals surface area contributed by atoms with Crippen LogP contribution in [0.4, 0.5) is 14.5 Å². The number of benzene rings is 1. The highest BCUT2D eigenvalue weighted by Crippen LogP contribution is 2.23. The number of aryl methyl sites for hydroxylation is 2. The molecule has 1 amide bonds. The van der Waals surface area contributed by atoms with E-state index in [-0.39, 0.29) is 11.3 Å². The van der Waals surface area contributed by atoms with Crippen LogP contribution in [0.1, 0.15) is 15.9 Å². The van der Waals surface area contributed by atoms with Crippen molar-refractivity contribution in [3.05, 3.63) is 58.0 Å². The SMILES string of the molecule is Cc1ccc(NC(=O)c2ccc(=O)n(C)c2)cc1OCC(F)F. The van der Waals surface area contributed by atoms with E-state index in [9.17, 15) is 18.4 Å². The van der Waals surface area contributed by atoms with Crippen molar-refractivity contribution >= 4 is 11.6 Å². The van der Waals surface area contributed by atoms with Gasteiger partial charge in [0.25, 0.3) is 12.3 Å². The highest BCUT2D eigenvalue weighted by Gasteiger charge is 2.10. The van der Waals surface area contributed by atoms with Crippen LogP contribution < -0.4 is 15.6 Å². The van der Waals surface area contributed by atoms with Gasteiger partial charge in [-0.3, -0.25) is 9.59 Å². The highest BCUT2D eigenvalue weighted by atomic mass is 19.3. The van der Waals surface area contributed by atoms with Gasteiger partial charge in [-0.05, 0) is 24.6 Å². The zero-order valence-electron chi connectivity index (χ0n) is 12.7. The van der Waals surface area contributed by atoms with E-state index in [1.807, 2.05) is 0 Å². The Morgan fingerprint density at radius 3 is 2.70 bits per heavy atom. The minimum absolute atomic E-state index is 0.223. The van der Waals surface area contributed by atoms with Crippen molar-refractivity contribution < 1.29 is 18.3 Å². The molecule has 5 nitrogen and oxygen atoms in total. The number of aromatic nitrogens is 1. The molecule has 1 aromatic carbocycles. The maximum Gasteiger partial charge on any atom is 0.272 e. The van der Waals surface area contributed by atoms with Crippen LogP contribution >= 0.6 is 0 Å². The lowest BCUT2D eigenvalue weighted by molar-refractivity contribution is 0.0815. The van der Waals surface area contributed by atoms with E-state index in [2.05, 4.69) is 5.32 Å². The number of pyridine rings is 1. The van der Waals surface area contributed by atoms with E-state index in [0.717, 1.165) is 0 Å². The maximum atomic E-state index is 12.2. The van der Waals surface area contributed by atoms with Gasteiger partial charge in [0, 0.05) is 31.1 Å². The fourth-order valence-electron chi connectivity index (χ4n) is 1.92. The highest BCUT2D eigenvalue weighted by molar-refractivity contribution is 6.04. The third kappa shape index (κ3) is 4.38. The van der Waals surface area contributed by atoms with Crippen LogP contribution in [0.3, 0.4) is 0 Å². The molecule has 0 unspecified atom stereocenters. The Kier molecular flexibility index (Phi) is 5.10. The summed E-state index contributed by atoms with van der Waals surface area (Å²) in [5.41, 5.74) is 1.19. The molecule has 0 saturated heterocycles. The van der Waals surface area contributed by atoms with E-state index in [4.69, 9.17) is 4.74 Å². The summed E-state index contributed by atoms with van der Waals surface area (Å²) in [6, 6.07) is 7.50. The Morgan fingerprint density at radius 1 is 1.30 bits per heavy atom. The van der Waals surface area contributed by atoms with Crippen LogP contribution in [-0.4, -0.2) is 23.5 Å². The number of carbonyl (C=O) groups excluding carboxylic acids is 1. The average molecular weight is 322 g/mol. The fraction of sp³-hybridized carbons (Fsp3) is 0.250. The van der Waals surface area contributed by atoms with Crippen molar-refractivity contribution in [3.8, 4) is 5.75 Å². The van der Waals surface area contributed by atoms with E-state index in [1.54, 1.807) is 26.1 Å². The van der Waals surface area contributed by atoms with Gasteiger partial charge in [-0.15, -0.1) is 0 Å². The molecular weight excluding hydrogens is 306 g/mol. The number of nitrogens with one attached hydrogen (secondary N) is 1. The van der Waals surface area contributed by atoms with Crippen molar-refractivity contribution in [3.63, 3.8) is 0 Å². The molecule has 2 rings (SSSR count). The molecule has 0 bridgehead atoms. The first-order chi connectivity index (χ1) is 10.9. The quantitative estimate of drug-likeness (QED) is 0.920. The monoisotopic (exact) mass is 322 g/mol. The summed E-state index contributed by atoms with van der Waals surface area (Å²) in [5, 5.41) is 2.64. The number of nitrogens with zero attached hydrogens (tertiary/aromatic N) is 1. The van der Waals surface area contributed by atoms with E-state index in [1.165, 1.54) is 29.0 Å². The van der Waals surface area contributed by atoms with E-state index < -0.39 is 18.9 Å². The Balaban J connectivity index is 2.15. The summed E-state index contributed by atoms with van der Waals surface area (Å²) in [6.45, 7) is 1.01. The Labute approximate surface area is 131 Å². The van der Waals surface area contributed by atoms with Crippen molar-refractivity contribution in [2.45, 2.75) is 13.3 Å². The van der Waals surface area contributed by atoms with Gasteiger partial charge in [0.2, 0.25) is 5.56 Å². The molecule has 0 aliphatic carbocycles. The molecule has 1 heterocycles. The molecule has 122 valence electrons. The van der Waals surface area contributed by atoms with Gasteiger partial charge >= 0.3 is 0 Å². The lowest BCUT2D eigenvalue weighted by atomic mass is 10.2. The number of hydrogen-bond donors (Lipinski definition) is 1. The van der Waals surface area contributed by atoms with Gasteiger partial charge < -0.3 is 14.6 Å².